The average molecular weight is 451 g/mol. The van der Waals surface area contributed by atoms with Gasteiger partial charge in [0.05, 0.1) is 5.60 Å². The van der Waals surface area contributed by atoms with Gasteiger partial charge in [-0.3, -0.25) is 0 Å². The molecule has 0 aromatic heterocycles. The van der Waals surface area contributed by atoms with Gasteiger partial charge < -0.3 is 10.8 Å². The molecule has 168 valence electrons. The first-order valence-corrected chi connectivity index (χ1v) is 12.0. The molecule has 2 aliphatic rings. The summed E-state index contributed by atoms with van der Waals surface area (Å²) in [6, 6.07) is 10.7. The normalized spacial score (nSPS) is 33.1. The Morgan fingerprint density at radius 1 is 1.13 bits per heavy atom. The van der Waals surface area contributed by atoms with Gasteiger partial charge in [0.25, 0.3) is 0 Å². The largest absolute Gasteiger partial charge is 0.390 e. The van der Waals surface area contributed by atoms with E-state index in [1.54, 1.807) is 38.1 Å². The van der Waals surface area contributed by atoms with Crippen molar-refractivity contribution >= 4 is 10.0 Å². The van der Waals surface area contributed by atoms with Crippen molar-refractivity contribution in [3.8, 4) is 0 Å². The van der Waals surface area contributed by atoms with Gasteiger partial charge in [-0.25, -0.2) is 17.2 Å². The van der Waals surface area contributed by atoms with Crippen LogP contribution >= 0.6 is 0 Å². The van der Waals surface area contributed by atoms with Crippen LogP contribution in [0.4, 0.5) is 8.78 Å². The number of hydrogen-bond donors (Lipinski definition) is 2. The molecule has 1 heterocycles. The fourth-order valence-corrected chi connectivity index (χ4v) is 7.30. The lowest BCUT2D eigenvalue weighted by atomic mass is 9.63. The van der Waals surface area contributed by atoms with E-state index in [1.165, 1.54) is 4.31 Å². The van der Waals surface area contributed by atoms with Crippen LogP contribution in [-0.2, 0) is 22.1 Å². The molecule has 0 bridgehead atoms. The van der Waals surface area contributed by atoms with Gasteiger partial charge in [-0.15, -0.1) is 0 Å². The second-order valence-corrected chi connectivity index (χ2v) is 11.4. The van der Waals surface area contributed by atoms with Gasteiger partial charge in [0, 0.05) is 29.3 Å². The van der Waals surface area contributed by atoms with Crippen molar-refractivity contribution < 1.29 is 22.3 Å². The van der Waals surface area contributed by atoms with E-state index in [-0.39, 0.29) is 36.6 Å². The summed E-state index contributed by atoms with van der Waals surface area (Å²) >= 11 is 0. The molecular weight excluding hydrogens is 422 g/mol. The minimum atomic E-state index is -3.76. The van der Waals surface area contributed by atoms with E-state index in [4.69, 9.17) is 5.73 Å². The summed E-state index contributed by atoms with van der Waals surface area (Å²) in [6.07, 6.45) is 1.37. The summed E-state index contributed by atoms with van der Waals surface area (Å²) in [5, 5.41) is 9.27. The lowest BCUT2D eigenvalue weighted by Crippen LogP contribution is -2.58. The molecule has 2 atom stereocenters. The number of sulfonamides is 1. The Morgan fingerprint density at radius 2 is 1.77 bits per heavy atom. The molecule has 8 heteroatoms. The molecule has 1 saturated carbocycles. The first kappa shape index (κ1) is 22.3. The maximum atomic E-state index is 15.0. The molecule has 5 nitrogen and oxygen atoms in total. The molecular formula is C23H28F2N2O3S. The van der Waals surface area contributed by atoms with Crippen molar-refractivity contribution in [1.82, 2.24) is 4.31 Å². The second kappa shape index (κ2) is 7.62. The molecule has 3 N–H and O–H groups in total. The molecule has 0 spiro atoms. The predicted molar refractivity (Wildman–Crippen MR) is 114 cm³/mol. The van der Waals surface area contributed by atoms with Crippen molar-refractivity contribution in [2.45, 2.75) is 68.5 Å². The summed E-state index contributed by atoms with van der Waals surface area (Å²) < 4.78 is 57.8. The van der Waals surface area contributed by atoms with Gasteiger partial charge in [0.1, 0.15) is 16.9 Å². The molecule has 1 saturated heterocycles. The summed E-state index contributed by atoms with van der Waals surface area (Å²) in [4.78, 5) is 0. The molecule has 1 aliphatic heterocycles. The molecule has 0 unspecified atom stereocenters. The van der Waals surface area contributed by atoms with Crippen LogP contribution in [0.3, 0.4) is 0 Å². The Hall–Kier alpha value is -1.87. The molecule has 31 heavy (non-hydrogen) atoms. The zero-order chi connectivity index (χ0) is 22.6. The first-order chi connectivity index (χ1) is 14.4. The van der Waals surface area contributed by atoms with Gasteiger partial charge in [-0.05, 0) is 57.2 Å². The maximum Gasteiger partial charge on any atom is 0.221 e. The maximum absolute atomic E-state index is 15.0. The minimum absolute atomic E-state index is 0.0111. The molecule has 0 amide bonds. The van der Waals surface area contributed by atoms with Crippen LogP contribution in [0.2, 0.25) is 0 Å². The van der Waals surface area contributed by atoms with E-state index in [0.717, 1.165) is 12.1 Å². The van der Waals surface area contributed by atoms with Gasteiger partial charge in [0.15, 0.2) is 0 Å². The lowest BCUT2D eigenvalue weighted by molar-refractivity contribution is -0.0750. The number of aliphatic hydroxyl groups is 1. The van der Waals surface area contributed by atoms with E-state index < -0.39 is 38.0 Å². The minimum Gasteiger partial charge on any atom is -0.390 e. The third-order valence-corrected chi connectivity index (χ3v) is 8.96. The van der Waals surface area contributed by atoms with Gasteiger partial charge in [0.2, 0.25) is 10.0 Å². The smallest absolute Gasteiger partial charge is 0.221 e. The Kier molecular flexibility index (Phi) is 5.49. The number of rotatable bonds is 4. The number of benzene rings is 2. The zero-order valence-corrected chi connectivity index (χ0v) is 18.5. The van der Waals surface area contributed by atoms with Crippen LogP contribution in [0.15, 0.2) is 42.5 Å². The Bertz CT molecular complexity index is 1080. The lowest BCUT2D eigenvalue weighted by Gasteiger charge is -2.49. The quantitative estimate of drug-likeness (QED) is 0.744. The molecule has 2 fully saturated rings. The highest BCUT2D eigenvalue weighted by Crippen LogP contribution is 2.47. The van der Waals surface area contributed by atoms with Crippen molar-refractivity contribution in [3.05, 3.63) is 70.8 Å². The van der Waals surface area contributed by atoms with Gasteiger partial charge >= 0.3 is 0 Å². The van der Waals surface area contributed by atoms with Crippen LogP contribution in [0.1, 0.15) is 61.5 Å². The van der Waals surface area contributed by atoms with Gasteiger partial charge in [-0.2, -0.15) is 4.31 Å². The van der Waals surface area contributed by atoms with Crippen molar-refractivity contribution in [1.29, 1.82) is 0 Å². The van der Waals surface area contributed by atoms with Crippen LogP contribution in [0.25, 0.3) is 0 Å². The van der Waals surface area contributed by atoms with Crippen LogP contribution in [0, 0.1) is 11.6 Å². The number of nitrogens with two attached hydrogens (primary N) is 1. The summed E-state index contributed by atoms with van der Waals surface area (Å²) in [6.45, 7) is 3.14. The number of hydrogen-bond acceptors (Lipinski definition) is 4. The summed E-state index contributed by atoms with van der Waals surface area (Å²) in [5.74, 6) is -1.38. The van der Waals surface area contributed by atoms with E-state index in [0.29, 0.717) is 18.4 Å². The molecule has 2 aromatic rings. The molecule has 1 aliphatic carbocycles. The van der Waals surface area contributed by atoms with Crippen molar-refractivity contribution in [3.63, 3.8) is 0 Å². The third kappa shape index (κ3) is 4.02. The Balaban J connectivity index is 1.63. The van der Waals surface area contributed by atoms with E-state index >= 15 is 0 Å². The van der Waals surface area contributed by atoms with Crippen LogP contribution in [0.5, 0.6) is 0 Å². The van der Waals surface area contributed by atoms with Crippen LogP contribution < -0.4 is 5.73 Å². The van der Waals surface area contributed by atoms with Crippen molar-refractivity contribution in [2.75, 3.05) is 0 Å². The van der Waals surface area contributed by atoms with Gasteiger partial charge in [-0.1, -0.05) is 30.3 Å². The number of halogens is 2. The number of nitrogens with zero attached hydrogens (tertiary/aromatic N) is 1. The monoisotopic (exact) mass is 450 g/mol. The van der Waals surface area contributed by atoms with E-state index in [2.05, 4.69) is 0 Å². The van der Waals surface area contributed by atoms with E-state index in [9.17, 15) is 22.3 Å². The molecule has 4 rings (SSSR count). The highest BCUT2D eigenvalue weighted by atomic mass is 32.2. The van der Waals surface area contributed by atoms with Crippen molar-refractivity contribution in [2.24, 2.45) is 5.73 Å². The Morgan fingerprint density at radius 3 is 2.39 bits per heavy atom. The molecule has 2 aromatic carbocycles. The molecule has 0 radical (unpaired) electrons. The topological polar surface area (TPSA) is 83.6 Å². The van der Waals surface area contributed by atoms with E-state index in [1.807, 2.05) is 6.07 Å². The fraction of sp³-hybridized carbons (Fsp3) is 0.478. The first-order valence-electron chi connectivity index (χ1n) is 10.5. The zero-order valence-electron chi connectivity index (χ0n) is 17.7. The summed E-state index contributed by atoms with van der Waals surface area (Å²) in [7, 11) is -3.76. The standard InChI is InChI=1S/C23H28F2N2O3S/c1-15-8-9-21(16-6-4-3-5-7-16)31(29,30)27(15)12-17-10-20(25)18(11-19(17)24)23(26)13-22(2,28)14-23/h3-7,10-11,15,21,28H,8-9,12-14,26H2,1-2H3/t15-,21+,22?,23?/m0/s1. The van der Waals surface area contributed by atoms with Crippen LogP contribution in [-0.4, -0.2) is 29.5 Å². The third-order valence-electron chi connectivity index (χ3n) is 6.59. The fourth-order valence-electron chi connectivity index (χ4n) is 5.11. The second-order valence-electron chi connectivity index (χ2n) is 9.35. The summed E-state index contributed by atoms with van der Waals surface area (Å²) in [5.41, 5.74) is 4.73. The Labute approximate surface area is 181 Å². The predicted octanol–water partition coefficient (Wildman–Crippen LogP) is 3.72. The highest BCUT2D eigenvalue weighted by molar-refractivity contribution is 7.89. The highest BCUT2D eigenvalue weighted by Gasteiger charge is 2.51. The average Bonchev–Trinajstić information content (AvgIpc) is 2.66. The SMILES string of the molecule is C[C@H]1CC[C@H](c2ccccc2)S(=O)(=O)N1Cc1cc(F)c(C2(N)CC(C)(O)C2)cc1F.